The number of hydrogen-bond donors (Lipinski definition) is 2. The number of halogens is 1. The summed E-state index contributed by atoms with van der Waals surface area (Å²) in [6, 6.07) is 11.5. The molecule has 0 bridgehead atoms. The monoisotopic (exact) mass is 297 g/mol. The molecule has 2 rings (SSSR count). The van der Waals surface area contributed by atoms with E-state index in [4.69, 9.17) is 16.3 Å². The number of rotatable bonds is 6. The summed E-state index contributed by atoms with van der Waals surface area (Å²) in [6.45, 7) is 1.18. The van der Waals surface area contributed by atoms with Gasteiger partial charge in [-0.3, -0.25) is 0 Å². The van der Waals surface area contributed by atoms with Crippen molar-refractivity contribution in [3.8, 4) is 5.75 Å². The molecule has 102 valence electrons. The van der Waals surface area contributed by atoms with Crippen molar-refractivity contribution in [2.45, 2.75) is 12.6 Å². The lowest BCUT2D eigenvalue weighted by Gasteiger charge is -2.10. The van der Waals surface area contributed by atoms with E-state index in [0.717, 1.165) is 16.2 Å². The molecule has 2 aromatic rings. The molecule has 1 aromatic heterocycles. The van der Waals surface area contributed by atoms with Crippen LogP contribution in [0, 0.1) is 0 Å². The van der Waals surface area contributed by atoms with Crippen LogP contribution < -0.4 is 10.1 Å². The van der Waals surface area contributed by atoms with E-state index in [-0.39, 0.29) is 0 Å². The molecule has 1 aromatic carbocycles. The molecule has 0 radical (unpaired) electrons. The van der Waals surface area contributed by atoms with Crippen LogP contribution in [0.4, 0.5) is 0 Å². The number of thiophene rings is 1. The number of nitrogens with one attached hydrogen (secondary N) is 1. The molecule has 0 spiro atoms. The minimum absolute atomic E-state index is 0.494. The molecule has 5 heteroatoms. The molecule has 0 fully saturated rings. The van der Waals surface area contributed by atoms with Crippen molar-refractivity contribution in [2.24, 2.45) is 0 Å². The zero-order valence-corrected chi connectivity index (χ0v) is 12.2. The summed E-state index contributed by atoms with van der Waals surface area (Å²) in [6.07, 6.45) is -0.525. The van der Waals surface area contributed by atoms with Crippen molar-refractivity contribution < 1.29 is 9.84 Å². The van der Waals surface area contributed by atoms with Crippen molar-refractivity contribution in [3.05, 3.63) is 51.2 Å². The highest BCUT2D eigenvalue weighted by Gasteiger charge is 2.09. The highest BCUT2D eigenvalue weighted by Crippen LogP contribution is 2.26. The standard InChI is InChI=1S/C14H16ClNO2S/c1-18-11-4-2-3-10(7-11)8-16-9-12(17)13-5-6-14(15)19-13/h2-7,12,16-17H,8-9H2,1H3. The topological polar surface area (TPSA) is 41.5 Å². The SMILES string of the molecule is COc1cccc(CNCC(O)c2ccc(Cl)s2)c1. The van der Waals surface area contributed by atoms with E-state index in [2.05, 4.69) is 5.32 Å². The van der Waals surface area contributed by atoms with Gasteiger partial charge in [-0.05, 0) is 29.8 Å². The predicted octanol–water partition coefficient (Wildman–Crippen LogP) is 3.23. The Bertz CT molecular complexity index is 530. The predicted molar refractivity (Wildman–Crippen MR) is 79.0 cm³/mol. The minimum Gasteiger partial charge on any atom is -0.497 e. The number of methoxy groups -OCH3 is 1. The van der Waals surface area contributed by atoms with Crippen molar-refractivity contribution in [2.75, 3.05) is 13.7 Å². The normalized spacial score (nSPS) is 12.4. The maximum atomic E-state index is 9.98. The van der Waals surface area contributed by atoms with E-state index in [9.17, 15) is 5.11 Å². The maximum absolute atomic E-state index is 9.98. The zero-order chi connectivity index (χ0) is 13.7. The van der Waals surface area contributed by atoms with E-state index >= 15 is 0 Å². The molecule has 0 aliphatic heterocycles. The van der Waals surface area contributed by atoms with Crippen LogP contribution in [0.1, 0.15) is 16.5 Å². The number of aliphatic hydroxyl groups is 1. The Morgan fingerprint density at radius 3 is 2.89 bits per heavy atom. The first-order valence-electron chi connectivity index (χ1n) is 5.96. The van der Waals surface area contributed by atoms with Crippen LogP contribution in [0.2, 0.25) is 4.34 Å². The number of hydrogen-bond acceptors (Lipinski definition) is 4. The lowest BCUT2D eigenvalue weighted by Crippen LogP contribution is -2.20. The highest BCUT2D eigenvalue weighted by molar-refractivity contribution is 7.16. The average molecular weight is 298 g/mol. The van der Waals surface area contributed by atoms with Gasteiger partial charge in [-0.2, -0.15) is 0 Å². The fourth-order valence-corrected chi connectivity index (χ4v) is 2.79. The van der Waals surface area contributed by atoms with Crippen molar-refractivity contribution in [1.29, 1.82) is 0 Å². The van der Waals surface area contributed by atoms with Gasteiger partial charge in [-0.15, -0.1) is 11.3 Å². The van der Waals surface area contributed by atoms with Gasteiger partial charge in [0.05, 0.1) is 11.4 Å². The zero-order valence-electron chi connectivity index (χ0n) is 10.6. The fraction of sp³-hybridized carbons (Fsp3) is 0.286. The van der Waals surface area contributed by atoms with Gasteiger partial charge in [-0.25, -0.2) is 0 Å². The summed E-state index contributed by atoms with van der Waals surface area (Å²) in [5, 5.41) is 13.2. The Balaban J connectivity index is 1.82. The van der Waals surface area contributed by atoms with E-state index < -0.39 is 6.10 Å². The molecule has 19 heavy (non-hydrogen) atoms. The first-order valence-corrected chi connectivity index (χ1v) is 7.15. The van der Waals surface area contributed by atoms with Crippen LogP contribution in [0.15, 0.2) is 36.4 Å². The average Bonchev–Trinajstić information content (AvgIpc) is 2.86. The van der Waals surface area contributed by atoms with Crippen LogP contribution in [0.5, 0.6) is 5.75 Å². The van der Waals surface area contributed by atoms with Gasteiger partial charge in [0.15, 0.2) is 0 Å². The summed E-state index contributed by atoms with van der Waals surface area (Å²) < 4.78 is 5.86. The highest BCUT2D eigenvalue weighted by atomic mass is 35.5. The molecular formula is C14H16ClNO2S. The van der Waals surface area contributed by atoms with Gasteiger partial charge in [0.2, 0.25) is 0 Å². The second kappa shape index (κ2) is 6.91. The molecular weight excluding hydrogens is 282 g/mol. The number of aliphatic hydroxyl groups excluding tert-OH is 1. The largest absolute Gasteiger partial charge is 0.497 e. The first kappa shape index (κ1) is 14.3. The Kier molecular flexibility index (Phi) is 5.22. The molecule has 2 N–H and O–H groups in total. The summed E-state index contributed by atoms with van der Waals surface area (Å²) in [7, 11) is 1.65. The second-order valence-electron chi connectivity index (χ2n) is 4.14. The van der Waals surface area contributed by atoms with Gasteiger partial charge in [0, 0.05) is 18.0 Å². The van der Waals surface area contributed by atoms with Gasteiger partial charge in [0.25, 0.3) is 0 Å². The lowest BCUT2D eigenvalue weighted by molar-refractivity contribution is 0.178. The van der Waals surface area contributed by atoms with Gasteiger partial charge < -0.3 is 15.2 Å². The quantitative estimate of drug-likeness (QED) is 0.860. The maximum Gasteiger partial charge on any atom is 0.119 e. The van der Waals surface area contributed by atoms with E-state index in [1.165, 1.54) is 11.3 Å². The Morgan fingerprint density at radius 1 is 1.37 bits per heavy atom. The van der Waals surface area contributed by atoms with Crippen LogP contribution >= 0.6 is 22.9 Å². The van der Waals surface area contributed by atoms with Gasteiger partial charge >= 0.3 is 0 Å². The van der Waals surface area contributed by atoms with Crippen LogP contribution in [0.3, 0.4) is 0 Å². The first-order chi connectivity index (χ1) is 9.19. The second-order valence-corrected chi connectivity index (χ2v) is 5.89. The summed E-state index contributed by atoms with van der Waals surface area (Å²) in [5.74, 6) is 0.838. The van der Waals surface area contributed by atoms with E-state index in [1.54, 1.807) is 13.2 Å². The summed E-state index contributed by atoms with van der Waals surface area (Å²) in [4.78, 5) is 0.878. The summed E-state index contributed by atoms with van der Waals surface area (Å²) >= 11 is 7.24. The Labute approximate surface area is 121 Å². The Hall–Kier alpha value is -1.07. The third-order valence-electron chi connectivity index (χ3n) is 2.72. The molecule has 0 aliphatic carbocycles. The fourth-order valence-electron chi connectivity index (χ4n) is 1.74. The molecule has 0 saturated heterocycles. The van der Waals surface area contributed by atoms with E-state index in [0.29, 0.717) is 17.4 Å². The molecule has 1 atom stereocenters. The van der Waals surface area contributed by atoms with Crippen molar-refractivity contribution in [1.82, 2.24) is 5.32 Å². The van der Waals surface area contributed by atoms with Gasteiger partial charge in [0.1, 0.15) is 11.9 Å². The molecule has 0 aliphatic rings. The molecule has 0 saturated carbocycles. The lowest BCUT2D eigenvalue weighted by atomic mass is 10.2. The van der Waals surface area contributed by atoms with Crippen LogP contribution in [0.25, 0.3) is 0 Å². The third kappa shape index (κ3) is 4.21. The van der Waals surface area contributed by atoms with Gasteiger partial charge in [-0.1, -0.05) is 23.7 Å². The number of ether oxygens (including phenoxy) is 1. The molecule has 1 heterocycles. The van der Waals surface area contributed by atoms with Crippen LogP contribution in [-0.2, 0) is 6.54 Å². The molecule has 3 nitrogen and oxygen atoms in total. The van der Waals surface area contributed by atoms with Crippen molar-refractivity contribution >= 4 is 22.9 Å². The number of benzene rings is 1. The van der Waals surface area contributed by atoms with E-state index in [1.807, 2.05) is 30.3 Å². The Morgan fingerprint density at radius 2 is 2.21 bits per heavy atom. The van der Waals surface area contributed by atoms with Crippen molar-refractivity contribution in [3.63, 3.8) is 0 Å². The smallest absolute Gasteiger partial charge is 0.119 e. The molecule has 0 amide bonds. The molecule has 1 unspecified atom stereocenters. The minimum atomic E-state index is -0.525. The van der Waals surface area contributed by atoms with Crippen LogP contribution in [-0.4, -0.2) is 18.8 Å². The third-order valence-corrected chi connectivity index (χ3v) is 4.06. The summed E-state index contributed by atoms with van der Waals surface area (Å²) in [5.41, 5.74) is 1.12.